The van der Waals surface area contributed by atoms with Gasteiger partial charge in [0.15, 0.2) is 11.6 Å². The minimum absolute atomic E-state index is 0.0426. The highest BCUT2D eigenvalue weighted by Crippen LogP contribution is 2.45. The first-order valence-corrected chi connectivity index (χ1v) is 10.1. The van der Waals surface area contributed by atoms with Gasteiger partial charge in [0.2, 0.25) is 5.43 Å². The van der Waals surface area contributed by atoms with Crippen molar-refractivity contribution in [3.63, 3.8) is 0 Å². The summed E-state index contributed by atoms with van der Waals surface area (Å²) >= 11 is 0. The van der Waals surface area contributed by atoms with Gasteiger partial charge in [0.1, 0.15) is 17.9 Å². The van der Waals surface area contributed by atoms with Gasteiger partial charge in [-0.3, -0.25) is 4.79 Å². The number of halogens is 1. The molecule has 1 saturated heterocycles. The largest absolute Gasteiger partial charge is 0.487 e. The van der Waals surface area contributed by atoms with Gasteiger partial charge in [-0.05, 0) is 37.7 Å². The second kappa shape index (κ2) is 6.45. The molecule has 154 valence electrons. The van der Waals surface area contributed by atoms with Crippen LogP contribution in [0.15, 0.2) is 17.1 Å². The molecular weight excluding hydrogens is 377 g/mol. The van der Waals surface area contributed by atoms with Gasteiger partial charge >= 0.3 is 5.97 Å². The minimum Gasteiger partial charge on any atom is -0.487 e. The SMILES string of the molecule is CC1COc2c(N3C[C@H]4CCC[C@H](N)[C@H]4C3)c(F)cc3c(=O)c(C(=O)O)cn1c23. The number of ether oxygens (including phenoxy) is 1. The molecular formula is C21H24FN3O4. The van der Waals surface area contributed by atoms with Crippen LogP contribution in [-0.2, 0) is 0 Å². The number of benzene rings is 1. The predicted molar refractivity (Wildman–Crippen MR) is 106 cm³/mol. The van der Waals surface area contributed by atoms with E-state index in [1.807, 2.05) is 11.8 Å². The van der Waals surface area contributed by atoms with E-state index < -0.39 is 17.2 Å². The highest BCUT2D eigenvalue weighted by molar-refractivity contribution is 5.97. The van der Waals surface area contributed by atoms with Gasteiger partial charge in [0, 0.05) is 25.3 Å². The summed E-state index contributed by atoms with van der Waals surface area (Å²) in [5, 5.41) is 9.44. The maximum absolute atomic E-state index is 15.3. The van der Waals surface area contributed by atoms with E-state index in [0.29, 0.717) is 41.9 Å². The number of aromatic nitrogens is 1. The van der Waals surface area contributed by atoms with E-state index in [9.17, 15) is 14.7 Å². The number of carboxylic acid groups (broad SMARTS) is 1. The van der Waals surface area contributed by atoms with Crippen molar-refractivity contribution in [2.75, 3.05) is 24.6 Å². The van der Waals surface area contributed by atoms with Crippen molar-refractivity contribution in [3.8, 4) is 5.75 Å². The lowest BCUT2D eigenvalue weighted by Crippen LogP contribution is -2.38. The predicted octanol–water partition coefficient (Wildman–Crippen LogP) is 2.36. The molecule has 4 atom stereocenters. The molecule has 29 heavy (non-hydrogen) atoms. The van der Waals surface area contributed by atoms with Gasteiger partial charge in [-0.15, -0.1) is 0 Å². The van der Waals surface area contributed by atoms with Crippen LogP contribution in [0.1, 0.15) is 42.6 Å². The topological polar surface area (TPSA) is 97.8 Å². The number of rotatable bonds is 2. The fourth-order valence-electron chi connectivity index (χ4n) is 5.36. The van der Waals surface area contributed by atoms with Crippen molar-refractivity contribution in [1.29, 1.82) is 0 Å². The van der Waals surface area contributed by atoms with Gasteiger partial charge in [-0.1, -0.05) is 6.42 Å². The van der Waals surface area contributed by atoms with Crippen molar-refractivity contribution < 1.29 is 19.0 Å². The monoisotopic (exact) mass is 401 g/mol. The summed E-state index contributed by atoms with van der Waals surface area (Å²) in [5.41, 5.74) is 6.11. The third-order valence-electron chi connectivity index (χ3n) is 6.84. The molecule has 2 aromatic rings. The van der Waals surface area contributed by atoms with Crippen LogP contribution in [-0.4, -0.2) is 41.4 Å². The zero-order chi connectivity index (χ0) is 20.4. The lowest BCUT2D eigenvalue weighted by molar-refractivity contribution is 0.0694. The first kappa shape index (κ1) is 18.4. The van der Waals surface area contributed by atoms with Crippen LogP contribution in [0.2, 0.25) is 0 Å². The first-order chi connectivity index (χ1) is 13.9. The first-order valence-electron chi connectivity index (χ1n) is 10.1. The van der Waals surface area contributed by atoms with E-state index in [0.717, 1.165) is 19.3 Å². The molecule has 2 aliphatic heterocycles. The van der Waals surface area contributed by atoms with Crippen LogP contribution >= 0.6 is 0 Å². The zero-order valence-electron chi connectivity index (χ0n) is 16.2. The Kier molecular flexibility index (Phi) is 4.10. The average molecular weight is 401 g/mol. The number of aromatic carboxylic acids is 1. The van der Waals surface area contributed by atoms with E-state index in [1.54, 1.807) is 4.57 Å². The molecule has 0 amide bonds. The Morgan fingerprint density at radius 1 is 1.34 bits per heavy atom. The molecule has 2 fully saturated rings. The number of nitrogens with zero attached hydrogens (tertiary/aromatic N) is 2. The van der Waals surface area contributed by atoms with Crippen LogP contribution in [0.3, 0.4) is 0 Å². The third-order valence-corrected chi connectivity index (χ3v) is 6.84. The number of nitrogens with two attached hydrogens (primary N) is 1. The Labute approximate surface area is 166 Å². The Bertz CT molecular complexity index is 1080. The van der Waals surface area contributed by atoms with Gasteiger partial charge in [-0.2, -0.15) is 0 Å². The molecule has 7 nitrogen and oxygen atoms in total. The van der Waals surface area contributed by atoms with Crippen molar-refractivity contribution in [1.82, 2.24) is 4.57 Å². The smallest absolute Gasteiger partial charge is 0.341 e. The molecule has 3 heterocycles. The maximum Gasteiger partial charge on any atom is 0.341 e. The van der Waals surface area contributed by atoms with Gasteiger partial charge < -0.3 is 25.0 Å². The number of anilines is 1. The standard InChI is InChI=1S/C21H24FN3O4/c1-10-9-29-20-17-12(19(26)14(21(27)28)8-25(10)17)5-15(22)18(20)24-6-11-3-2-4-16(23)13(11)7-24/h5,8,10-11,13,16H,2-4,6-7,9,23H2,1H3,(H,27,28)/t10?,11-,13+,16+/m1/s1. The van der Waals surface area contributed by atoms with Gasteiger partial charge in [-0.25, -0.2) is 9.18 Å². The number of hydrogen-bond acceptors (Lipinski definition) is 5. The van der Waals surface area contributed by atoms with E-state index in [1.165, 1.54) is 12.3 Å². The minimum atomic E-state index is -1.32. The van der Waals surface area contributed by atoms with E-state index >= 15 is 4.39 Å². The summed E-state index contributed by atoms with van der Waals surface area (Å²) in [7, 11) is 0. The van der Waals surface area contributed by atoms with Crippen molar-refractivity contribution in [2.24, 2.45) is 17.6 Å². The number of fused-ring (bicyclic) bond motifs is 1. The summed E-state index contributed by atoms with van der Waals surface area (Å²) < 4.78 is 23.0. The Morgan fingerprint density at radius 2 is 2.14 bits per heavy atom. The molecule has 0 bridgehead atoms. The molecule has 5 rings (SSSR count). The quantitative estimate of drug-likeness (QED) is 0.802. The van der Waals surface area contributed by atoms with Crippen molar-refractivity contribution >= 4 is 22.6 Å². The highest BCUT2D eigenvalue weighted by atomic mass is 19.1. The highest BCUT2D eigenvalue weighted by Gasteiger charge is 2.41. The van der Waals surface area contributed by atoms with E-state index in [4.69, 9.17) is 10.5 Å². The van der Waals surface area contributed by atoms with E-state index in [-0.39, 0.29) is 29.6 Å². The van der Waals surface area contributed by atoms with Crippen molar-refractivity contribution in [3.05, 3.63) is 33.9 Å². The normalized spacial score (nSPS) is 28.3. The Morgan fingerprint density at radius 3 is 2.86 bits per heavy atom. The van der Waals surface area contributed by atoms with Gasteiger partial charge in [0.05, 0.1) is 16.9 Å². The fraction of sp³-hybridized carbons (Fsp3) is 0.524. The lowest BCUT2D eigenvalue weighted by atomic mass is 9.78. The molecule has 1 saturated carbocycles. The third kappa shape index (κ3) is 2.65. The molecule has 0 radical (unpaired) electrons. The van der Waals surface area contributed by atoms with Crippen LogP contribution in [0.5, 0.6) is 5.75 Å². The van der Waals surface area contributed by atoms with Crippen LogP contribution in [0.25, 0.3) is 10.9 Å². The van der Waals surface area contributed by atoms with Gasteiger partial charge in [0.25, 0.3) is 0 Å². The molecule has 1 aromatic heterocycles. The number of carboxylic acids is 1. The molecule has 3 N–H and O–H groups in total. The summed E-state index contributed by atoms with van der Waals surface area (Å²) in [6.07, 6.45) is 4.53. The van der Waals surface area contributed by atoms with Crippen LogP contribution in [0, 0.1) is 17.7 Å². The van der Waals surface area contributed by atoms with Crippen LogP contribution < -0.4 is 20.8 Å². The van der Waals surface area contributed by atoms with Crippen molar-refractivity contribution in [2.45, 2.75) is 38.3 Å². The Balaban J connectivity index is 1.71. The molecule has 0 spiro atoms. The fourth-order valence-corrected chi connectivity index (χ4v) is 5.36. The van der Waals surface area contributed by atoms with Crippen LogP contribution in [0.4, 0.5) is 10.1 Å². The molecule has 1 aliphatic carbocycles. The number of pyridine rings is 1. The molecule has 3 aliphatic rings. The Hall–Kier alpha value is -2.61. The molecule has 8 heteroatoms. The summed E-state index contributed by atoms with van der Waals surface area (Å²) in [5.74, 6) is -0.784. The second-order valence-electron chi connectivity index (χ2n) is 8.60. The summed E-state index contributed by atoms with van der Waals surface area (Å²) in [4.78, 5) is 26.2. The summed E-state index contributed by atoms with van der Waals surface area (Å²) in [6.45, 7) is 3.54. The molecule has 1 aromatic carbocycles. The number of carbonyl (C=O) groups is 1. The zero-order valence-corrected chi connectivity index (χ0v) is 16.2. The number of hydrogen-bond donors (Lipinski definition) is 2. The lowest BCUT2D eigenvalue weighted by Gasteiger charge is -2.31. The van der Waals surface area contributed by atoms with E-state index in [2.05, 4.69) is 0 Å². The summed E-state index contributed by atoms with van der Waals surface area (Å²) in [6, 6.07) is 1.12. The second-order valence-corrected chi connectivity index (χ2v) is 8.60. The molecule has 1 unspecified atom stereocenters. The maximum atomic E-state index is 15.3. The average Bonchev–Trinajstić information content (AvgIpc) is 3.10.